The highest BCUT2D eigenvalue weighted by Crippen LogP contribution is 2.33. The Balaban J connectivity index is 1.46. The van der Waals surface area contributed by atoms with Crippen LogP contribution >= 0.6 is 0 Å². The SMILES string of the molecule is c1cc(-c2n[nH]c3ccc(OCC4CC4)cc23)cc(N2CCOCC2)n1. The van der Waals surface area contributed by atoms with Crippen LogP contribution in [0.5, 0.6) is 5.75 Å². The molecule has 2 aliphatic rings. The second-order valence-electron chi connectivity index (χ2n) is 7.04. The van der Waals surface area contributed by atoms with Crippen LogP contribution in [0.4, 0.5) is 5.82 Å². The lowest BCUT2D eigenvalue weighted by atomic mass is 10.1. The summed E-state index contributed by atoms with van der Waals surface area (Å²) in [7, 11) is 0. The molecule has 6 heteroatoms. The maximum absolute atomic E-state index is 5.94. The normalized spacial score (nSPS) is 17.6. The summed E-state index contributed by atoms with van der Waals surface area (Å²) in [6, 6.07) is 10.3. The molecule has 26 heavy (non-hydrogen) atoms. The molecule has 1 aromatic carbocycles. The second kappa shape index (κ2) is 6.61. The highest BCUT2D eigenvalue weighted by atomic mass is 16.5. The molecule has 1 saturated heterocycles. The minimum absolute atomic E-state index is 0.741. The molecule has 3 heterocycles. The topological polar surface area (TPSA) is 63.3 Å². The van der Waals surface area contributed by atoms with Crippen LogP contribution in [0.1, 0.15) is 12.8 Å². The number of morpholine rings is 1. The van der Waals surface area contributed by atoms with E-state index in [1.165, 1.54) is 12.8 Å². The first kappa shape index (κ1) is 15.6. The smallest absolute Gasteiger partial charge is 0.129 e. The van der Waals surface area contributed by atoms with Crippen LogP contribution in [0.15, 0.2) is 36.5 Å². The minimum Gasteiger partial charge on any atom is -0.493 e. The molecule has 0 spiro atoms. The van der Waals surface area contributed by atoms with Crippen molar-refractivity contribution in [3.8, 4) is 17.0 Å². The predicted molar refractivity (Wildman–Crippen MR) is 101 cm³/mol. The number of anilines is 1. The Morgan fingerprint density at radius 3 is 2.88 bits per heavy atom. The van der Waals surface area contributed by atoms with Crippen molar-refractivity contribution in [3.63, 3.8) is 0 Å². The quantitative estimate of drug-likeness (QED) is 0.765. The van der Waals surface area contributed by atoms with Gasteiger partial charge in [-0.2, -0.15) is 5.10 Å². The molecule has 134 valence electrons. The van der Waals surface area contributed by atoms with Gasteiger partial charge in [0, 0.05) is 30.2 Å². The molecular formula is C20H22N4O2. The van der Waals surface area contributed by atoms with E-state index in [9.17, 15) is 0 Å². The Hall–Kier alpha value is -2.60. The van der Waals surface area contributed by atoms with Crippen LogP contribution in [0.2, 0.25) is 0 Å². The van der Waals surface area contributed by atoms with Gasteiger partial charge in [0.1, 0.15) is 17.3 Å². The van der Waals surface area contributed by atoms with Gasteiger partial charge in [-0.15, -0.1) is 0 Å². The summed E-state index contributed by atoms with van der Waals surface area (Å²) < 4.78 is 11.4. The highest BCUT2D eigenvalue weighted by Gasteiger charge is 2.22. The largest absolute Gasteiger partial charge is 0.493 e. The summed E-state index contributed by atoms with van der Waals surface area (Å²) in [6.07, 6.45) is 4.44. The lowest BCUT2D eigenvalue weighted by Gasteiger charge is -2.27. The molecule has 0 amide bonds. The first-order valence-electron chi connectivity index (χ1n) is 9.27. The number of nitrogens with zero attached hydrogens (tertiary/aromatic N) is 3. The standard InChI is InChI=1S/C20H22N4O2/c1-2-14(1)13-26-16-3-4-18-17(12-16)20(23-22-18)15-5-6-21-19(11-15)24-7-9-25-10-8-24/h3-6,11-12,14H,1-2,7-10,13H2,(H,22,23). The maximum Gasteiger partial charge on any atom is 0.129 e. The monoisotopic (exact) mass is 350 g/mol. The third-order valence-corrected chi connectivity index (χ3v) is 5.07. The number of ether oxygens (including phenoxy) is 2. The fraction of sp³-hybridized carbons (Fsp3) is 0.400. The molecule has 2 aromatic heterocycles. The van der Waals surface area contributed by atoms with Gasteiger partial charge in [-0.25, -0.2) is 4.98 Å². The van der Waals surface area contributed by atoms with E-state index in [2.05, 4.69) is 32.2 Å². The molecule has 1 aliphatic heterocycles. The van der Waals surface area contributed by atoms with Gasteiger partial charge in [0.2, 0.25) is 0 Å². The molecule has 0 radical (unpaired) electrons. The molecule has 0 unspecified atom stereocenters. The fourth-order valence-corrected chi connectivity index (χ4v) is 3.33. The number of hydrogen-bond acceptors (Lipinski definition) is 5. The van der Waals surface area contributed by atoms with Crippen LogP contribution in [0.3, 0.4) is 0 Å². The first-order chi connectivity index (χ1) is 12.9. The Bertz CT molecular complexity index is 913. The van der Waals surface area contributed by atoms with Gasteiger partial charge >= 0.3 is 0 Å². The van der Waals surface area contributed by atoms with Crippen LogP contribution in [0, 0.1) is 5.92 Å². The fourth-order valence-electron chi connectivity index (χ4n) is 3.33. The molecule has 0 atom stereocenters. The van der Waals surface area contributed by atoms with Crippen molar-refractivity contribution in [1.29, 1.82) is 0 Å². The van der Waals surface area contributed by atoms with E-state index in [0.717, 1.165) is 72.6 Å². The van der Waals surface area contributed by atoms with Gasteiger partial charge in [-0.1, -0.05) is 0 Å². The molecule has 0 bridgehead atoms. The first-order valence-corrected chi connectivity index (χ1v) is 9.27. The number of benzene rings is 1. The number of hydrogen-bond donors (Lipinski definition) is 1. The molecular weight excluding hydrogens is 328 g/mol. The summed E-state index contributed by atoms with van der Waals surface area (Å²) in [6.45, 7) is 4.06. The number of H-pyrrole nitrogens is 1. The Labute approximate surface area is 152 Å². The van der Waals surface area contributed by atoms with Crippen molar-refractivity contribution in [2.45, 2.75) is 12.8 Å². The molecule has 6 nitrogen and oxygen atoms in total. The van der Waals surface area contributed by atoms with Gasteiger partial charge in [0.15, 0.2) is 0 Å². The number of nitrogens with one attached hydrogen (secondary N) is 1. The van der Waals surface area contributed by atoms with Crippen molar-refractivity contribution in [1.82, 2.24) is 15.2 Å². The number of pyridine rings is 1. The van der Waals surface area contributed by atoms with Gasteiger partial charge < -0.3 is 14.4 Å². The third kappa shape index (κ3) is 3.12. The van der Waals surface area contributed by atoms with Crippen molar-refractivity contribution >= 4 is 16.7 Å². The van der Waals surface area contributed by atoms with Crippen molar-refractivity contribution < 1.29 is 9.47 Å². The summed E-state index contributed by atoms with van der Waals surface area (Å²) in [5.41, 5.74) is 3.02. The number of fused-ring (bicyclic) bond motifs is 1. The zero-order valence-electron chi connectivity index (χ0n) is 14.6. The van der Waals surface area contributed by atoms with E-state index in [0.29, 0.717) is 0 Å². The molecule has 2 fully saturated rings. The van der Waals surface area contributed by atoms with Crippen molar-refractivity contribution in [2.24, 2.45) is 5.92 Å². The van der Waals surface area contributed by atoms with Gasteiger partial charge in [0.05, 0.1) is 25.3 Å². The lowest BCUT2D eigenvalue weighted by molar-refractivity contribution is 0.122. The zero-order valence-corrected chi connectivity index (χ0v) is 14.6. The van der Waals surface area contributed by atoms with E-state index < -0.39 is 0 Å². The summed E-state index contributed by atoms with van der Waals surface area (Å²) in [5, 5.41) is 8.76. The average molecular weight is 350 g/mol. The Morgan fingerprint density at radius 1 is 1.15 bits per heavy atom. The molecule has 1 aliphatic carbocycles. The summed E-state index contributed by atoms with van der Waals surface area (Å²) in [5.74, 6) is 2.63. The Kier molecular flexibility index (Phi) is 3.97. The minimum atomic E-state index is 0.741. The van der Waals surface area contributed by atoms with E-state index >= 15 is 0 Å². The molecule has 1 saturated carbocycles. The zero-order chi connectivity index (χ0) is 17.3. The average Bonchev–Trinajstić information content (AvgIpc) is 3.44. The highest BCUT2D eigenvalue weighted by molar-refractivity contribution is 5.94. The van der Waals surface area contributed by atoms with E-state index in [4.69, 9.17) is 9.47 Å². The number of aromatic amines is 1. The van der Waals surface area contributed by atoms with E-state index in [-0.39, 0.29) is 0 Å². The predicted octanol–water partition coefficient (Wildman–Crippen LogP) is 3.25. The Morgan fingerprint density at radius 2 is 2.04 bits per heavy atom. The van der Waals surface area contributed by atoms with Crippen molar-refractivity contribution in [2.75, 3.05) is 37.8 Å². The van der Waals surface area contributed by atoms with Crippen LogP contribution in [-0.2, 0) is 4.74 Å². The van der Waals surface area contributed by atoms with Gasteiger partial charge in [0.25, 0.3) is 0 Å². The van der Waals surface area contributed by atoms with Gasteiger partial charge in [-0.3, -0.25) is 5.10 Å². The lowest BCUT2D eigenvalue weighted by Crippen LogP contribution is -2.36. The molecule has 1 N–H and O–H groups in total. The van der Waals surface area contributed by atoms with E-state index in [1.54, 1.807) is 0 Å². The molecule has 5 rings (SSSR count). The third-order valence-electron chi connectivity index (χ3n) is 5.07. The summed E-state index contributed by atoms with van der Waals surface area (Å²) >= 11 is 0. The van der Waals surface area contributed by atoms with Crippen molar-refractivity contribution in [3.05, 3.63) is 36.5 Å². The van der Waals surface area contributed by atoms with Crippen LogP contribution < -0.4 is 9.64 Å². The van der Waals surface area contributed by atoms with Crippen LogP contribution in [-0.4, -0.2) is 48.1 Å². The summed E-state index contributed by atoms with van der Waals surface area (Å²) in [4.78, 5) is 6.79. The maximum atomic E-state index is 5.94. The van der Waals surface area contributed by atoms with Gasteiger partial charge in [-0.05, 0) is 49.1 Å². The van der Waals surface area contributed by atoms with Crippen LogP contribution in [0.25, 0.3) is 22.2 Å². The molecule has 3 aromatic rings. The number of rotatable bonds is 5. The number of aromatic nitrogens is 3. The van der Waals surface area contributed by atoms with E-state index in [1.807, 2.05) is 24.4 Å². The second-order valence-corrected chi connectivity index (χ2v) is 7.04.